The summed E-state index contributed by atoms with van der Waals surface area (Å²) in [6.45, 7) is 8.65. The molecule has 0 spiro atoms. The minimum atomic E-state index is -3.87. The van der Waals surface area contributed by atoms with E-state index in [1.165, 1.54) is 0 Å². The summed E-state index contributed by atoms with van der Waals surface area (Å²) in [4.78, 5) is 2.56. The van der Waals surface area contributed by atoms with Crippen molar-refractivity contribution in [3.63, 3.8) is 0 Å². The van der Waals surface area contributed by atoms with E-state index in [0.29, 0.717) is 52.5 Å². The van der Waals surface area contributed by atoms with Gasteiger partial charge in [-0.3, -0.25) is 0 Å². The SMILES string of the molecule is COCCCN1CCOc2ccc(CO[C@H]3CN(S(=O)(=O)c4ccc(C)cc4)[C@H](C[C@@H](C)O)C[C@@H]3c3ccc(COCCOC)cc3)cc21. The second-order valence-corrected chi connectivity index (χ2v) is 15.0. The Hall–Kier alpha value is -3.03. The average Bonchev–Trinajstić information content (AvgIpc) is 3.10. The lowest BCUT2D eigenvalue weighted by Gasteiger charge is -2.44. The number of aliphatic hydroxyl groups excluding tert-OH is 1. The number of hydrogen-bond acceptors (Lipinski definition) is 9. The van der Waals surface area contributed by atoms with Crippen molar-refractivity contribution >= 4 is 15.7 Å². The summed E-state index contributed by atoms with van der Waals surface area (Å²) in [7, 11) is -0.498. The average molecular weight is 697 g/mol. The van der Waals surface area contributed by atoms with Crippen LogP contribution in [0.2, 0.25) is 0 Å². The number of methoxy groups -OCH3 is 2. The van der Waals surface area contributed by atoms with Crippen molar-refractivity contribution in [2.24, 2.45) is 0 Å². The molecule has 10 nitrogen and oxygen atoms in total. The highest BCUT2D eigenvalue weighted by atomic mass is 32.2. The number of ether oxygens (including phenoxy) is 5. The predicted molar refractivity (Wildman–Crippen MR) is 190 cm³/mol. The highest BCUT2D eigenvalue weighted by Crippen LogP contribution is 2.39. The fraction of sp³-hybridized carbons (Fsp3) is 0.526. The van der Waals surface area contributed by atoms with Crippen LogP contribution < -0.4 is 9.64 Å². The normalized spacial score (nSPS) is 20.5. The molecular weight excluding hydrogens is 644 g/mol. The largest absolute Gasteiger partial charge is 0.490 e. The first kappa shape index (κ1) is 37.2. The van der Waals surface area contributed by atoms with Crippen molar-refractivity contribution in [2.45, 2.75) is 75.4 Å². The van der Waals surface area contributed by atoms with Crippen LogP contribution in [-0.4, -0.2) is 96.4 Å². The molecule has 2 aliphatic heterocycles. The van der Waals surface area contributed by atoms with Crippen LogP contribution in [0.3, 0.4) is 0 Å². The van der Waals surface area contributed by atoms with E-state index >= 15 is 0 Å². The van der Waals surface area contributed by atoms with Gasteiger partial charge in [-0.15, -0.1) is 0 Å². The molecule has 0 saturated carbocycles. The summed E-state index contributed by atoms with van der Waals surface area (Å²) < 4.78 is 58.7. The Bertz CT molecular complexity index is 1570. The van der Waals surface area contributed by atoms with Gasteiger partial charge in [0.1, 0.15) is 12.4 Å². The van der Waals surface area contributed by atoms with E-state index in [0.717, 1.165) is 53.2 Å². The second kappa shape index (κ2) is 17.8. The molecule has 11 heteroatoms. The third kappa shape index (κ3) is 9.82. The minimum absolute atomic E-state index is 0.0943. The van der Waals surface area contributed by atoms with Gasteiger partial charge in [-0.05, 0) is 74.1 Å². The number of anilines is 1. The molecule has 5 rings (SSSR count). The van der Waals surface area contributed by atoms with Crippen molar-refractivity contribution < 1.29 is 37.2 Å². The number of sulfonamides is 1. The Morgan fingerprint density at radius 2 is 1.67 bits per heavy atom. The van der Waals surface area contributed by atoms with Crippen LogP contribution >= 0.6 is 0 Å². The number of piperidine rings is 1. The quantitative estimate of drug-likeness (QED) is 0.188. The zero-order valence-corrected chi connectivity index (χ0v) is 30.1. The molecule has 2 aliphatic rings. The van der Waals surface area contributed by atoms with Gasteiger partial charge in [0.05, 0.1) is 55.8 Å². The molecule has 0 aliphatic carbocycles. The smallest absolute Gasteiger partial charge is 0.243 e. The van der Waals surface area contributed by atoms with Gasteiger partial charge >= 0.3 is 0 Å². The van der Waals surface area contributed by atoms with Crippen molar-refractivity contribution in [1.82, 2.24) is 4.31 Å². The lowest BCUT2D eigenvalue weighted by atomic mass is 9.82. The maximum absolute atomic E-state index is 14.2. The lowest BCUT2D eigenvalue weighted by Crippen LogP contribution is -2.53. The number of hydrogen-bond donors (Lipinski definition) is 1. The Kier molecular flexibility index (Phi) is 13.5. The first-order chi connectivity index (χ1) is 23.7. The van der Waals surface area contributed by atoms with Gasteiger partial charge in [-0.25, -0.2) is 8.42 Å². The van der Waals surface area contributed by atoms with Crippen LogP contribution in [0, 0.1) is 6.92 Å². The lowest BCUT2D eigenvalue weighted by molar-refractivity contribution is -0.0254. The van der Waals surface area contributed by atoms with E-state index in [9.17, 15) is 13.5 Å². The van der Waals surface area contributed by atoms with E-state index in [2.05, 4.69) is 35.2 Å². The zero-order valence-electron chi connectivity index (χ0n) is 29.3. The number of benzene rings is 3. The minimum Gasteiger partial charge on any atom is -0.490 e. The standard InChI is InChI=1S/C38H52N2O8S/c1-28-6-13-34(14-7-28)49(42,43)40-25-38(48-27-31-10-15-37-36(23-31)39(17-19-47-37)16-5-18-44-3)35(24-33(40)22-29(2)41)32-11-8-30(9-12-32)26-46-21-20-45-4/h6-15,23,29,33,35,38,41H,5,16-22,24-27H2,1-4H3/t29-,33-,35-,38+/m1/s1. The third-order valence-corrected chi connectivity index (χ3v) is 11.2. The van der Waals surface area contributed by atoms with Crippen molar-refractivity contribution in [1.29, 1.82) is 0 Å². The molecule has 3 aromatic carbocycles. The summed E-state index contributed by atoms with van der Waals surface area (Å²) in [5.74, 6) is 0.758. The molecule has 4 atom stereocenters. The zero-order chi connectivity index (χ0) is 34.8. The van der Waals surface area contributed by atoms with Crippen LogP contribution in [0.25, 0.3) is 0 Å². The molecule has 268 valence electrons. The number of aryl methyl sites for hydroxylation is 1. The summed E-state index contributed by atoms with van der Waals surface area (Å²) in [6, 6.07) is 21.0. The van der Waals surface area contributed by atoms with Crippen LogP contribution in [0.15, 0.2) is 71.6 Å². The molecule has 0 aromatic heterocycles. The van der Waals surface area contributed by atoms with E-state index in [-0.39, 0.29) is 17.4 Å². The van der Waals surface area contributed by atoms with Gasteiger partial charge in [0.25, 0.3) is 0 Å². The summed E-state index contributed by atoms with van der Waals surface area (Å²) in [6.07, 6.45) is 0.644. The summed E-state index contributed by atoms with van der Waals surface area (Å²) in [5.41, 5.74) is 5.12. The van der Waals surface area contributed by atoms with Crippen LogP contribution in [0.5, 0.6) is 5.75 Å². The van der Waals surface area contributed by atoms with E-state index in [1.807, 2.05) is 31.2 Å². The Balaban J connectivity index is 1.42. The highest BCUT2D eigenvalue weighted by Gasteiger charge is 2.43. The van der Waals surface area contributed by atoms with Crippen molar-refractivity contribution in [3.05, 3.63) is 89.0 Å². The first-order valence-corrected chi connectivity index (χ1v) is 18.7. The predicted octanol–water partition coefficient (Wildman–Crippen LogP) is 5.30. The molecule has 0 bridgehead atoms. The molecule has 3 aromatic rings. The fourth-order valence-corrected chi connectivity index (χ4v) is 8.38. The fourth-order valence-electron chi connectivity index (χ4n) is 6.72. The highest BCUT2D eigenvalue weighted by molar-refractivity contribution is 7.89. The van der Waals surface area contributed by atoms with Gasteiger partial charge in [0, 0.05) is 45.9 Å². The van der Waals surface area contributed by atoms with Gasteiger partial charge in [0.2, 0.25) is 10.0 Å². The van der Waals surface area contributed by atoms with Gasteiger partial charge in [-0.1, -0.05) is 48.0 Å². The van der Waals surface area contributed by atoms with Gasteiger partial charge in [0.15, 0.2) is 0 Å². The molecule has 2 heterocycles. The van der Waals surface area contributed by atoms with Crippen molar-refractivity contribution in [2.75, 3.05) is 65.2 Å². The first-order valence-electron chi connectivity index (χ1n) is 17.2. The van der Waals surface area contributed by atoms with Gasteiger partial charge < -0.3 is 33.7 Å². The van der Waals surface area contributed by atoms with E-state index < -0.39 is 28.3 Å². The molecule has 0 radical (unpaired) electrons. The number of aliphatic hydroxyl groups is 1. The molecular formula is C38H52N2O8S. The molecule has 1 saturated heterocycles. The Morgan fingerprint density at radius 3 is 2.39 bits per heavy atom. The third-order valence-electron chi connectivity index (χ3n) is 9.31. The van der Waals surface area contributed by atoms with Gasteiger partial charge in [-0.2, -0.15) is 4.31 Å². The summed E-state index contributed by atoms with van der Waals surface area (Å²) >= 11 is 0. The van der Waals surface area contributed by atoms with Crippen molar-refractivity contribution in [3.8, 4) is 5.75 Å². The number of rotatable bonds is 17. The van der Waals surface area contributed by atoms with Crippen LogP contribution in [-0.2, 0) is 42.2 Å². The Morgan fingerprint density at radius 1 is 0.939 bits per heavy atom. The summed E-state index contributed by atoms with van der Waals surface area (Å²) in [5, 5.41) is 10.5. The second-order valence-electron chi connectivity index (χ2n) is 13.1. The number of nitrogens with zero attached hydrogens (tertiary/aromatic N) is 2. The molecule has 49 heavy (non-hydrogen) atoms. The van der Waals surface area contributed by atoms with Crippen LogP contribution in [0.4, 0.5) is 5.69 Å². The van der Waals surface area contributed by atoms with Crippen LogP contribution in [0.1, 0.15) is 54.4 Å². The molecule has 1 N–H and O–H groups in total. The maximum atomic E-state index is 14.2. The molecule has 0 unspecified atom stereocenters. The maximum Gasteiger partial charge on any atom is 0.243 e. The monoisotopic (exact) mass is 696 g/mol. The number of fused-ring (bicyclic) bond motifs is 1. The van der Waals surface area contributed by atoms with E-state index in [4.69, 9.17) is 23.7 Å². The molecule has 1 fully saturated rings. The topological polar surface area (TPSA) is 107 Å². The molecule has 0 amide bonds. The Labute approximate surface area is 291 Å². The van der Waals surface area contributed by atoms with E-state index in [1.54, 1.807) is 37.6 Å².